The van der Waals surface area contributed by atoms with Crippen LogP contribution in [0.4, 0.5) is 5.69 Å². The number of ether oxygens (including phenoxy) is 3. The van der Waals surface area contributed by atoms with Gasteiger partial charge in [-0.05, 0) is 125 Å². The number of nitrogens with zero attached hydrogens (tertiary/aromatic N) is 3. The topological polar surface area (TPSA) is 101 Å². The SMILES string of the molecule is C[C@@H]1[C@@H](C)CCC[C@H]([C@H]2OC[C@H](N3CC(N(C)C)C3)CO2)[C@@H]2CC[C@H]2CN2CCCCc3cc(Cl)ccc3COc3ccc(cc32)C(=O)NS1(=O)=O. The van der Waals surface area contributed by atoms with E-state index in [4.69, 9.17) is 25.8 Å². The molecule has 0 spiro atoms. The Morgan fingerprint density at radius 2 is 1.67 bits per heavy atom. The molecule has 10 nitrogen and oxygen atoms in total. The van der Waals surface area contributed by atoms with Crippen molar-refractivity contribution in [2.24, 2.45) is 23.7 Å². The lowest BCUT2D eigenvalue weighted by Crippen LogP contribution is -2.64. The van der Waals surface area contributed by atoms with Gasteiger partial charge in [0.25, 0.3) is 5.91 Å². The number of likely N-dealkylation sites (N-methyl/N-ethyl adjacent to an activating group) is 1. The molecule has 4 aliphatic heterocycles. The van der Waals surface area contributed by atoms with Crippen LogP contribution in [0.3, 0.4) is 0 Å². The fourth-order valence-corrected chi connectivity index (χ4v) is 10.4. The van der Waals surface area contributed by atoms with Crippen LogP contribution in [-0.4, -0.2) is 101 Å². The summed E-state index contributed by atoms with van der Waals surface area (Å²) in [4.78, 5) is 20.7. The lowest BCUT2D eigenvalue weighted by molar-refractivity contribution is -0.248. The first kappa shape index (κ1) is 37.9. The van der Waals surface area contributed by atoms with Gasteiger partial charge in [-0.25, -0.2) is 13.1 Å². The first-order chi connectivity index (χ1) is 25.0. The highest BCUT2D eigenvalue weighted by atomic mass is 35.5. The van der Waals surface area contributed by atoms with Crippen LogP contribution >= 0.6 is 11.6 Å². The average molecular weight is 757 g/mol. The second kappa shape index (κ2) is 16.1. The molecule has 2 aromatic carbocycles. The number of anilines is 1. The Labute approximate surface area is 315 Å². The zero-order valence-corrected chi connectivity index (χ0v) is 32.8. The fourth-order valence-electron chi connectivity index (χ4n) is 8.88. The Balaban J connectivity index is 1.17. The quantitative estimate of drug-likeness (QED) is 0.407. The number of hydrogen-bond acceptors (Lipinski definition) is 9. The molecule has 2 bridgehead atoms. The molecular weight excluding hydrogens is 700 g/mol. The molecule has 0 radical (unpaired) electrons. The van der Waals surface area contributed by atoms with E-state index in [-0.39, 0.29) is 24.2 Å². The lowest BCUT2D eigenvalue weighted by Gasteiger charge is -2.51. The van der Waals surface area contributed by atoms with Crippen molar-refractivity contribution < 1.29 is 27.4 Å². The van der Waals surface area contributed by atoms with Gasteiger partial charge in [-0.3, -0.25) is 9.69 Å². The number of halogens is 1. The third-order valence-corrected chi connectivity index (χ3v) is 15.0. The number of likely N-dealkylation sites (tertiary alicyclic amines) is 1. The summed E-state index contributed by atoms with van der Waals surface area (Å²) < 4.78 is 49.2. The van der Waals surface area contributed by atoms with Gasteiger partial charge in [0, 0.05) is 48.7 Å². The highest BCUT2D eigenvalue weighted by Gasteiger charge is 2.45. The van der Waals surface area contributed by atoms with Crippen LogP contribution in [0, 0.1) is 23.7 Å². The second-order valence-electron chi connectivity index (χ2n) is 16.3. The molecule has 7 rings (SSSR count). The number of nitrogens with one attached hydrogen (secondary N) is 1. The number of hydrogen-bond donors (Lipinski definition) is 1. The maximum absolute atomic E-state index is 13.6. The monoisotopic (exact) mass is 756 g/mol. The predicted octanol–water partition coefficient (Wildman–Crippen LogP) is 5.96. The minimum atomic E-state index is -3.91. The van der Waals surface area contributed by atoms with Gasteiger partial charge in [0.2, 0.25) is 10.0 Å². The molecule has 0 aromatic heterocycles. The van der Waals surface area contributed by atoms with E-state index in [0.29, 0.717) is 49.0 Å². The van der Waals surface area contributed by atoms with E-state index in [1.54, 1.807) is 13.0 Å². The van der Waals surface area contributed by atoms with Gasteiger partial charge >= 0.3 is 0 Å². The number of aryl methyl sites for hydroxylation is 1. The smallest absolute Gasteiger partial charge is 0.264 e. The summed E-state index contributed by atoms with van der Waals surface area (Å²) in [7, 11) is 0.371. The van der Waals surface area contributed by atoms with Gasteiger partial charge in [-0.2, -0.15) is 0 Å². The third kappa shape index (κ3) is 8.30. The summed E-state index contributed by atoms with van der Waals surface area (Å²) >= 11 is 6.40. The molecule has 1 N–H and O–H groups in total. The van der Waals surface area contributed by atoms with Gasteiger partial charge in [0.05, 0.1) is 30.2 Å². The maximum atomic E-state index is 13.6. The van der Waals surface area contributed by atoms with Crippen molar-refractivity contribution >= 4 is 33.2 Å². The number of benzene rings is 2. The molecule has 1 amide bonds. The van der Waals surface area contributed by atoms with E-state index >= 15 is 0 Å². The fraction of sp³-hybridized carbons (Fsp3) is 0.675. The Bertz CT molecular complexity index is 1680. The molecule has 2 aromatic rings. The van der Waals surface area contributed by atoms with Crippen molar-refractivity contribution in [1.82, 2.24) is 14.5 Å². The maximum Gasteiger partial charge on any atom is 0.264 e. The largest absolute Gasteiger partial charge is 0.487 e. The number of fused-ring (bicyclic) bond motifs is 3. The van der Waals surface area contributed by atoms with Gasteiger partial charge in [-0.1, -0.05) is 31.0 Å². The number of rotatable bonds is 3. The molecule has 1 saturated carbocycles. The molecule has 1 aliphatic carbocycles. The van der Waals surface area contributed by atoms with Crippen LogP contribution in [-0.2, 0) is 32.5 Å². The standard InChI is InChI=1S/C40H57ClN4O6S/c1-26-8-7-10-36(40-50-24-34(25-51-40)45-21-33(22-45)43(3)4)35-15-12-30(35)20-44-17-6-5-9-28-18-32(41)14-11-31(28)23-49-38-16-13-29(19-37(38)44)39(46)42-52(47,48)27(26)2/h11,13-14,16,18-19,26-27,30,33-36,40H,5-10,12,15,17,20-25H2,1-4H3,(H,42,46)/t26-,27+,30-,34-,35+,36-,40-/m0/s1. The summed E-state index contributed by atoms with van der Waals surface area (Å²) in [6, 6.07) is 12.2. The number of amides is 1. The molecule has 52 heavy (non-hydrogen) atoms. The molecule has 3 fully saturated rings. The van der Waals surface area contributed by atoms with Crippen LogP contribution in [0.1, 0.15) is 80.3 Å². The zero-order valence-electron chi connectivity index (χ0n) is 31.3. The summed E-state index contributed by atoms with van der Waals surface area (Å²) in [5.74, 6) is 1.03. The molecule has 12 heteroatoms. The van der Waals surface area contributed by atoms with Crippen LogP contribution < -0.4 is 14.4 Å². The number of sulfonamides is 1. The molecule has 4 heterocycles. The van der Waals surface area contributed by atoms with Crippen LogP contribution in [0.25, 0.3) is 0 Å². The molecule has 5 aliphatic rings. The van der Waals surface area contributed by atoms with Crippen molar-refractivity contribution in [2.75, 3.05) is 58.4 Å². The predicted molar refractivity (Wildman–Crippen MR) is 204 cm³/mol. The van der Waals surface area contributed by atoms with E-state index < -0.39 is 21.2 Å². The van der Waals surface area contributed by atoms with Crippen molar-refractivity contribution in [3.8, 4) is 5.75 Å². The van der Waals surface area contributed by atoms with Gasteiger partial charge in [0.1, 0.15) is 12.4 Å². The Morgan fingerprint density at radius 3 is 2.40 bits per heavy atom. The normalized spacial score (nSPS) is 32.2. The van der Waals surface area contributed by atoms with Crippen molar-refractivity contribution in [3.05, 3.63) is 58.1 Å². The van der Waals surface area contributed by atoms with E-state index in [1.807, 2.05) is 37.3 Å². The van der Waals surface area contributed by atoms with E-state index in [9.17, 15) is 13.2 Å². The van der Waals surface area contributed by atoms with Crippen LogP contribution in [0.2, 0.25) is 5.02 Å². The average Bonchev–Trinajstić information content (AvgIpc) is 3.11. The highest BCUT2D eigenvalue weighted by molar-refractivity contribution is 7.90. The first-order valence-electron chi connectivity index (χ1n) is 19.5. The van der Waals surface area contributed by atoms with E-state index in [0.717, 1.165) is 93.8 Å². The van der Waals surface area contributed by atoms with Gasteiger partial charge < -0.3 is 24.0 Å². The molecule has 5 atom stereocenters. The minimum Gasteiger partial charge on any atom is -0.487 e. The van der Waals surface area contributed by atoms with Crippen LogP contribution in [0.15, 0.2) is 36.4 Å². The van der Waals surface area contributed by atoms with Gasteiger partial charge in [-0.15, -0.1) is 0 Å². The van der Waals surface area contributed by atoms with E-state index in [2.05, 4.69) is 33.5 Å². The second-order valence-corrected chi connectivity index (χ2v) is 18.8. The third-order valence-electron chi connectivity index (χ3n) is 12.8. The summed E-state index contributed by atoms with van der Waals surface area (Å²) in [6.45, 7) is 9.13. The Hall–Kier alpha value is -2.41. The summed E-state index contributed by atoms with van der Waals surface area (Å²) in [6.07, 6.45) is 7.36. The first-order valence-corrected chi connectivity index (χ1v) is 21.4. The number of carbonyl (C=O) groups excluding carboxylic acids is 1. The van der Waals surface area contributed by atoms with E-state index in [1.165, 1.54) is 5.56 Å². The molecule has 2 saturated heterocycles. The van der Waals surface area contributed by atoms with Crippen molar-refractivity contribution in [1.29, 1.82) is 0 Å². The summed E-state index contributed by atoms with van der Waals surface area (Å²) in [5, 5.41) is -0.00191. The molecule has 286 valence electrons. The number of carbonyl (C=O) groups is 1. The van der Waals surface area contributed by atoms with Gasteiger partial charge in [0.15, 0.2) is 6.29 Å². The van der Waals surface area contributed by atoms with Crippen LogP contribution in [0.5, 0.6) is 5.75 Å². The Kier molecular flexibility index (Phi) is 11.8. The molecule has 0 unspecified atom stereocenters. The Morgan fingerprint density at radius 1 is 0.885 bits per heavy atom. The lowest BCUT2D eigenvalue weighted by atomic mass is 9.65. The minimum absolute atomic E-state index is 0.126. The molecular formula is C40H57ClN4O6S. The summed E-state index contributed by atoms with van der Waals surface area (Å²) in [5.41, 5.74) is 3.43. The highest BCUT2D eigenvalue weighted by Crippen LogP contribution is 2.46. The zero-order chi connectivity index (χ0) is 36.6. The van der Waals surface area contributed by atoms with Crippen molar-refractivity contribution in [2.45, 2.75) is 95.4 Å². The van der Waals surface area contributed by atoms with Crippen molar-refractivity contribution in [3.63, 3.8) is 0 Å².